The highest BCUT2D eigenvalue weighted by molar-refractivity contribution is 7.11. The second-order valence-corrected chi connectivity index (χ2v) is 10.8. The topological polar surface area (TPSA) is 128 Å². The quantitative estimate of drug-likeness (QED) is 0.280. The van der Waals surface area contributed by atoms with E-state index in [9.17, 15) is 18.4 Å². The molecule has 2 aliphatic heterocycles. The van der Waals surface area contributed by atoms with Gasteiger partial charge in [-0.2, -0.15) is 9.97 Å². The first-order valence-corrected chi connectivity index (χ1v) is 14.6. The summed E-state index contributed by atoms with van der Waals surface area (Å²) in [6.07, 6.45) is 2.72. The Labute approximate surface area is 254 Å². The molecule has 2 aliphatic rings. The van der Waals surface area contributed by atoms with Gasteiger partial charge in [0.05, 0.1) is 31.4 Å². The SMILES string of the molecule is CCOC(=O)C1=C(C2CCN(c3cc(C(=O)OC)nc(OC)n3)CC2)NC(c2nccs2)=NC1c1ccc(F)c(F)c1Cl. The van der Waals surface area contributed by atoms with E-state index >= 15 is 0 Å². The summed E-state index contributed by atoms with van der Waals surface area (Å²) in [5.74, 6) is -2.96. The van der Waals surface area contributed by atoms with Crippen molar-refractivity contribution in [2.75, 3.05) is 38.8 Å². The van der Waals surface area contributed by atoms with Crippen molar-refractivity contribution in [3.8, 4) is 6.01 Å². The van der Waals surface area contributed by atoms with Crippen LogP contribution in [0.25, 0.3) is 0 Å². The fourth-order valence-electron chi connectivity index (χ4n) is 5.02. The molecule has 0 saturated carbocycles. The fraction of sp³-hybridized carbons (Fsp3) is 0.357. The highest BCUT2D eigenvalue weighted by Gasteiger charge is 2.38. The largest absolute Gasteiger partial charge is 0.467 e. The number of hydrogen-bond acceptors (Lipinski definition) is 12. The normalized spacial score (nSPS) is 17.3. The van der Waals surface area contributed by atoms with Crippen LogP contribution in [0.15, 0.2) is 46.0 Å². The molecule has 1 unspecified atom stereocenters. The van der Waals surface area contributed by atoms with Gasteiger partial charge in [-0.15, -0.1) is 11.3 Å². The van der Waals surface area contributed by atoms with E-state index in [0.29, 0.717) is 48.3 Å². The Bertz CT molecular complexity index is 1590. The number of aliphatic imine (C=N–C) groups is 1. The number of piperidine rings is 1. The number of halogens is 3. The third-order valence-corrected chi connectivity index (χ3v) is 8.23. The Morgan fingerprint density at radius 2 is 1.93 bits per heavy atom. The number of esters is 2. The molecule has 0 radical (unpaired) electrons. The molecule has 5 rings (SSSR count). The zero-order valence-corrected chi connectivity index (χ0v) is 25.0. The maximum atomic E-state index is 14.6. The van der Waals surface area contributed by atoms with Gasteiger partial charge in [-0.05, 0) is 25.8 Å². The van der Waals surface area contributed by atoms with Crippen LogP contribution in [0.4, 0.5) is 14.6 Å². The summed E-state index contributed by atoms with van der Waals surface area (Å²) < 4.78 is 44.1. The molecule has 0 spiro atoms. The molecule has 1 N–H and O–H groups in total. The molecule has 1 aromatic carbocycles. The molecule has 1 fully saturated rings. The number of ether oxygens (including phenoxy) is 3. The summed E-state index contributed by atoms with van der Waals surface area (Å²) in [6.45, 7) is 2.75. The number of rotatable bonds is 8. The van der Waals surface area contributed by atoms with E-state index in [0.717, 1.165) is 6.07 Å². The number of aromatic nitrogens is 3. The second kappa shape index (κ2) is 13.0. The maximum absolute atomic E-state index is 14.6. The number of nitrogens with zero attached hydrogens (tertiary/aromatic N) is 5. The van der Waals surface area contributed by atoms with Crippen molar-refractivity contribution in [2.45, 2.75) is 25.8 Å². The van der Waals surface area contributed by atoms with Gasteiger partial charge in [0, 0.05) is 47.9 Å². The summed E-state index contributed by atoms with van der Waals surface area (Å²) >= 11 is 7.62. The van der Waals surface area contributed by atoms with Crippen LogP contribution < -0.4 is 15.0 Å². The predicted molar refractivity (Wildman–Crippen MR) is 154 cm³/mol. The zero-order chi connectivity index (χ0) is 30.7. The average Bonchev–Trinajstić information content (AvgIpc) is 3.58. The van der Waals surface area contributed by atoms with Crippen molar-refractivity contribution in [3.63, 3.8) is 0 Å². The molecule has 15 heteroatoms. The minimum absolute atomic E-state index is 0.0248. The number of benzene rings is 1. The van der Waals surface area contributed by atoms with Crippen LogP contribution in [-0.4, -0.2) is 66.6 Å². The summed E-state index contributed by atoms with van der Waals surface area (Å²) in [7, 11) is 2.67. The van der Waals surface area contributed by atoms with Gasteiger partial charge in [0.25, 0.3) is 0 Å². The van der Waals surface area contributed by atoms with Gasteiger partial charge < -0.3 is 24.4 Å². The third-order valence-electron chi connectivity index (χ3n) is 7.06. The number of thiazole rings is 1. The molecule has 1 atom stereocenters. The molecule has 3 aromatic rings. The summed E-state index contributed by atoms with van der Waals surface area (Å²) in [6, 6.07) is 2.75. The first-order valence-electron chi connectivity index (χ1n) is 13.3. The van der Waals surface area contributed by atoms with E-state index in [-0.39, 0.29) is 35.4 Å². The molecule has 1 saturated heterocycles. The van der Waals surface area contributed by atoms with Crippen LogP contribution in [0, 0.1) is 17.6 Å². The fourth-order valence-corrected chi connectivity index (χ4v) is 5.86. The Kier molecular flexibility index (Phi) is 9.16. The molecular formula is C28H27ClF2N6O5S. The number of nitrogens with one attached hydrogen (secondary N) is 1. The van der Waals surface area contributed by atoms with E-state index < -0.39 is 34.6 Å². The maximum Gasteiger partial charge on any atom is 0.356 e. The number of carbonyl (C=O) groups is 2. The van der Waals surface area contributed by atoms with Gasteiger partial charge in [0.15, 0.2) is 28.2 Å². The van der Waals surface area contributed by atoms with E-state index in [4.69, 9.17) is 30.8 Å². The van der Waals surface area contributed by atoms with Gasteiger partial charge in [-0.3, -0.25) is 4.99 Å². The Morgan fingerprint density at radius 3 is 2.58 bits per heavy atom. The number of allylic oxidation sites excluding steroid dienone is 1. The summed E-state index contributed by atoms with van der Waals surface area (Å²) in [5.41, 5.74) is 0.880. The highest BCUT2D eigenvalue weighted by Crippen LogP contribution is 2.41. The predicted octanol–water partition coefficient (Wildman–Crippen LogP) is 4.48. The van der Waals surface area contributed by atoms with Gasteiger partial charge >= 0.3 is 17.9 Å². The van der Waals surface area contributed by atoms with Crippen LogP contribution in [0.2, 0.25) is 5.02 Å². The number of amidine groups is 1. The number of anilines is 1. The smallest absolute Gasteiger partial charge is 0.356 e. The van der Waals surface area contributed by atoms with E-state index in [2.05, 4.69) is 20.3 Å². The molecule has 11 nitrogen and oxygen atoms in total. The lowest BCUT2D eigenvalue weighted by Gasteiger charge is -2.37. The van der Waals surface area contributed by atoms with E-state index in [1.807, 2.05) is 4.90 Å². The van der Waals surface area contributed by atoms with E-state index in [1.165, 1.54) is 37.7 Å². The van der Waals surface area contributed by atoms with Gasteiger partial charge in [0.2, 0.25) is 0 Å². The van der Waals surface area contributed by atoms with Crippen molar-refractivity contribution in [2.24, 2.45) is 10.9 Å². The summed E-state index contributed by atoms with van der Waals surface area (Å²) in [4.78, 5) is 45.1. The molecular weight excluding hydrogens is 606 g/mol. The van der Waals surface area contributed by atoms with Gasteiger partial charge in [-0.1, -0.05) is 17.7 Å². The summed E-state index contributed by atoms with van der Waals surface area (Å²) in [5, 5.41) is 5.16. The standard InChI is InChI=1S/C28H27ClF2N6O5S/c1-4-42-27(39)19-22(14-7-10-37(11-8-14)18-13-17(26(38)40-2)33-28(34-18)41-3)35-24(25-32-9-12-43-25)36-23(19)15-5-6-16(30)21(31)20(15)29/h5-6,9,12-14,23H,4,7-8,10-11H2,1-3H3,(H,35,36). The molecule has 0 aliphatic carbocycles. The molecule has 2 aromatic heterocycles. The first kappa shape index (κ1) is 30.3. The number of methoxy groups -OCH3 is 2. The van der Waals surface area contributed by atoms with Crippen molar-refractivity contribution in [3.05, 3.63) is 74.0 Å². The lowest BCUT2D eigenvalue weighted by molar-refractivity contribution is -0.139. The average molecular weight is 633 g/mol. The molecule has 4 heterocycles. The van der Waals surface area contributed by atoms with Crippen LogP contribution in [0.1, 0.15) is 46.9 Å². The van der Waals surface area contributed by atoms with Crippen molar-refractivity contribution >= 4 is 46.5 Å². The van der Waals surface area contributed by atoms with E-state index in [1.54, 1.807) is 18.5 Å². The van der Waals surface area contributed by atoms with Crippen LogP contribution >= 0.6 is 22.9 Å². The van der Waals surface area contributed by atoms with Crippen LogP contribution in [0.5, 0.6) is 6.01 Å². The Hall–Kier alpha value is -4.17. The highest BCUT2D eigenvalue weighted by atomic mass is 35.5. The second-order valence-electron chi connectivity index (χ2n) is 9.51. The molecule has 226 valence electrons. The third kappa shape index (κ3) is 6.15. The van der Waals surface area contributed by atoms with Gasteiger partial charge in [0.1, 0.15) is 11.9 Å². The molecule has 43 heavy (non-hydrogen) atoms. The minimum atomic E-state index is -1.23. The zero-order valence-electron chi connectivity index (χ0n) is 23.4. The molecule has 0 bridgehead atoms. The van der Waals surface area contributed by atoms with Crippen LogP contribution in [0.3, 0.4) is 0 Å². The van der Waals surface area contributed by atoms with Crippen molar-refractivity contribution in [1.29, 1.82) is 0 Å². The molecule has 0 amide bonds. The lowest BCUT2D eigenvalue weighted by Crippen LogP contribution is -2.42. The Balaban J connectivity index is 1.53. The monoisotopic (exact) mass is 632 g/mol. The van der Waals surface area contributed by atoms with Crippen molar-refractivity contribution in [1.82, 2.24) is 20.3 Å². The van der Waals surface area contributed by atoms with Gasteiger partial charge in [-0.25, -0.2) is 23.4 Å². The van der Waals surface area contributed by atoms with Crippen molar-refractivity contribution < 1.29 is 32.6 Å². The first-order chi connectivity index (χ1) is 20.7. The lowest BCUT2D eigenvalue weighted by atomic mass is 9.85. The van der Waals surface area contributed by atoms with Crippen LogP contribution in [-0.2, 0) is 14.3 Å². The number of carbonyl (C=O) groups excluding carboxylic acids is 2. The number of hydrogen-bond donors (Lipinski definition) is 1. The minimum Gasteiger partial charge on any atom is -0.467 e. The Morgan fingerprint density at radius 1 is 1.16 bits per heavy atom.